The van der Waals surface area contributed by atoms with Crippen molar-refractivity contribution in [1.82, 2.24) is 14.9 Å². The summed E-state index contributed by atoms with van der Waals surface area (Å²) >= 11 is 0. The van der Waals surface area contributed by atoms with Crippen LogP contribution in [0, 0.1) is 0 Å². The van der Waals surface area contributed by atoms with E-state index in [9.17, 15) is 14.7 Å². The Labute approximate surface area is 127 Å². The summed E-state index contributed by atoms with van der Waals surface area (Å²) in [6.45, 7) is 0.390. The third kappa shape index (κ3) is 2.65. The summed E-state index contributed by atoms with van der Waals surface area (Å²) in [7, 11) is 0. The molecule has 0 aliphatic heterocycles. The highest BCUT2D eigenvalue weighted by Gasteiger charge is 2.27. The van der Waals surface area contributed by atoms with Crippen molar-refractivity contribution in [2.24, 2.45) is 0 Å². The number of aliphatic hydroxyl groups excluding tert-OH is 1. The Morgan fingerprint density at radius 2 is 2.23 bits per heavy atom. The Balaban J connectivity index is 1.89. The lowest BCUT2D eigenvalue weighted by Crippen LogP contribution is -2.34. The van der Waals surface area contributed by atoms with Gasteiger partial charge in [-0.1, -0.05) is 12.1 Å². The fourth-order valence-corrected chi connectivity index (χ4v) is 2.80. The lowest BCUT2D eigenvalue weighted by atomic mass is 10.0. The Hall–Kier alpha value is -2.47. The number of aromatic nitrogens is 2. The Morgan fingerprint density at radius 3 is 2.95 bits per heavy atom. The van der Waals surface area contributed by atoms with Gasteiger partial charge >= 0.3 is 0 Å². The van der Waals surface area contributed by atoms with Crippen LogP contribution >= 0.6 is 0 Å². The SMILES string of the molecule is O=C1CCc2c1cccc2C(=O)N(CCO)Cc1ncc[nH]1. The van der Waals surface area contributed by atoms with E-state index in [-0.39, 0.29) is 24.8 Å². The molecule has 1 heterocycles. The predicted molar refractivity (Wildman–Crippen MR) is 79.5 cm³/mol. The summed E-state index contributed by atoms with van der Waals surface area (Å²) in [5.41, 5.74) is 2.01. The number of ketones is 1. The predicted octanol–water partition coefficient (Wildman–Crippen LogP) is 1.17. The van der Waals surface area contributed by atoms with Gasteiger partial charge in [0.2, 0.25) is 0 Å². The van der Waals surface area contributed by atoms with Gasteiger partial charge in [0.1, 0.15) is 5.82 Å². The molecule has 0 saturated heterocycles. The number of imidazole rings is 1. The van der Waals surface area contributed by atoms with Crippen molar-refractivity contribution in [1.29, 1.82) is 0 Å². The van der Waals surface area contributed by atoms with Crippen LogP contribution in [0.25, 0.3) is 0 Å². The number of H-pyrrole nitrogens is 1. The van der Waals surface area contributed by atoms with Crippen LogP contribution in [0.3, 0.4) is 0 Å². The van der Waals surface area contributed by atoms with Crippen molar-refractivity contribution in [2.45, 2.75) is 19.4 Å². The molecule has 0 unspecified atom stereocenters. The van der Waals surface area contributed by atoms with Crippen LogP contribution in [-0.2, 0) is 13.0 Å². The van der Waals surface area contributed by atoms with Crippen LogP contribution in [0.4, 0.5) is 0 Å². The first-order valence-electron chi connectivity index (χ1n) is 7.24. The molecule has 0 radical (unpaired) electrons. The zero-order valence-electron chi connectivity index (χ0n) is 12.1. The molecule has 1 aliphatic rings. The third-order valence-electron chi connectivity index (χ3n) is 3.86. The molecule has 0 atom stereocenters. The second-order valence-electron chi connectivity index (χ2n) is 5.24. The van der Waals surface area contributed by atoms with Crippen molar-refractivity contribution in [3.63, 3.8) is 0 Å². The molecule has 1 amide bonds. The van der Waals surface area contributed by atoms with Crippen LogP contribution in [-0.4, -0.2) is 44.8 Å². The Kier molecular flexibility index (Phi) is 4.02. The van der Waals surface area contributed by atoms with E-state index in [1.807, 2.05) is 0 Å². The summed E-state index contributed by atoms with van der Waals surface area (Å²) in [6, 6.07) is 5.25. The quantitative estimate of drug-likeness (QED) is 0.868. The maximum Gasteiger partial charge on any atom is 0.254 e. The number of hydrogen-bond acceptors (Lipinski definition) is 4. The number of amides is 1. The fraction of sp³-hybridized carbons (Fsp3) is 0.312. The number of aromatic amines is 1. The van der Waals surface area contributed by atoms with Crippen LogP contribution in [0.5, 0.6) is 0 Å². The van der Waals surface area contributed by atoms with Crippen LogP contribution in [0.15, 0.2) is 30.6 Å². The van der Waals surface area contributed by atoms with Gasteiger partial charge in [0.25, 0.3) is 5.91 Å². The summed E-state index contributed by atoms with van der Waals surface area (Å²) in [4.78, 5) is 33.2. The number of nitrogens with one attached hydrogen (secondary N) is 1. The minimum absolute atomic E-state index is 0.0874. The molecule has 1 aromatic carbocycles. The minimum atomic E-state index is -0.183. The van der Waals surface area contributed by atoms with Crippen molar-refractivity contribution in [3.05, 3.63) is 53.1 Å². The highest BCUT2D eigenvalue weighted by Crippen LogP contribution is 2.26. The molecule has 3 rings (SSSR count). The van der Waals surface area contributed by atoms with E-state index >= 15 is 0 Å². The third-order valence-corrected chi connectivity index (χ3v) is 3.86. The van der Waals surface area contributed by atoms with Gasteiger partial charge < -0.3 is 15.0 Å². The molecule has 1 aliphatic carbocycles. The maximum absolute atomic E-state index is 12.8. The summed E-state index contributed by atoms with van der Waals surface area (Å²) in [5.74, 6) is 0.562. The second kappa shape index (κ2) is 6.11. The molecule has 0 saturated carbocycles. The number of aliphatic hydroxyl groups is 1. The molecule has 2 aromatic rings. The lowest BCUT2D eigenvalue weighted by molar-refractivity contribution is 0.0702. The van der Waals surface area contributed by atoms with Gasteiger partial charge in [-0.25, -0.2) is 4.98 Å². The number of Topliss-reactive ketones (excluding diaryl/α,β-unsaturated/α-hetero) is 1. The van der Waals surface area contributed by atoms with Gasteiger partial charge in [0.15, 0.2) is 5.78 Å². The van der Waals surface area contributed by atoms with E-state index in [0.29, 0.717) is 36.3 Å². The van der Waals surface area contributed by atoms with E-state index in [2.05, 4.69) is 9.97 Å². The smallest absolute Gasteiger partial charge is 0.254 e. The minimum Gasteiger partial charge on any atom is -0.395 e. The second-order valence-corrected chi connectivity index (χ2v) is 5.24. The van der Waals surface area contributed by atoms with Gasteiger partial charge in [-0.3, -0.25) is 9.59 Å². The standard InChI is InChI=1S/C16H17N3O3/c20-9-8-19(10-15-17-6-7-18-15)16(22)13-3-1-2-12-11(13)4-5-14(12)21/h1-3,6-7,20H,4-5,8-10H2,(H,17,18). The monoisotopic (exact) mass is 299 g/mol. The van der Waals surface area contributed by atoms with Crippen molar-refractivity contribution < 1.29 is 14.7 Å². The number of rotatable bonds is 5. The highest BCUT2D eigenvalue weighted by molar-refractivity contribution is 6.05. The van der Waals surface area contributed by atoms with Gasteiger partial charge in [-0.05, 0) is 18.1 Å². The van der Waals surface area contributed by atoms with E-state index in [4.69, 9.17) is 0 Å². The summed E-state index contributed by atoms with van der Waals surface area (Å²) in [5, 5.41) is 9.22. The van der Waals surface area contributed by atoms with Gasteiger partial charge in [-0.15, -0.1) is 0 Å². The number of carbonyl (C=O) groups is 2. The number of hydrogen-bond donors (Lipinski definition) is 2. The molecule has 0 spiro atoms. The number of fused-ring (bicyclic) bond motifs is 1. The zero-order valence-corrected chi connectivity index (χ0v) is 12.1. The van der Waals surface area contributed by atoms with E-state index in [1.165, 1.54) is 4.90 Å². The first kappa shape index (κ1) is 14.5. The molecular formula is C16H17N3O3. The van der Waals surface area contributed by atoms with Gasteiger partial charge in [0.05, 0.1) is 13.2 Å². The largest absolute Gasteiger partial charge is 0.395 e. The molecule has 114 valence electrons. The van der Waals surface area contributed by atoms with Crippen molar-refractivity contribution in [3.8, 4) is 0 Å². The van der Waals surface area contributed by atoms with E-state index in [0.717, 1.165) is 5.56 Å². The average Bonchev–Trinajstić information content (AvgIpc) is 3.16. The van der Waals surface area contributed by atoms with E-state index in [1.54, 1.807) is 30.6 Å². The number of benzene rings is 1. The lowest BCUT2D eigenvalue weighted by Gasteiger charge is -2.22. The molecule has 0 fully saturated rings. The summed E-state index contributed by atoms with van der Waals surface area (Å²) < 4.78 is 0. The van der Waals surface area contributed by atoms with Crippen molar-refractivity contribution >= 4 is 11.7 Å². The molecular weight excluding hydrogens is 282 g/mol. The van der Waals surface area contributed by atoms with Crippen LogP contribution in [0.2, 0.25) is 0 Å². The van der Waals surface area contributed by atoms with Gasteiger partial charge in [-0.2, -0.15) is 0 Å². The average molecular weight is 299 g/mol. The van der Waals surface area contributed by atoms with Crippen molar-refractivity contribution in [2.75, 3.05) is 13.2 Å². The fourth-order valence-electron chi connectivity index (χ4n) is 2.80. The topological polar surface area (TPSA) is 86.3 Å². The first-order valence-corrected chi connectivity index (χ1v) is 7.24. The molecule has 0 bridgehead atoms. The molecule has 2 N–H and O–H groups in total. The maximum atomic E-state index is 12.8. The molecule has 22 heavy (non-hydrogen) atoms. The molecule has 6 nitrogen and oxygen atoms in total. The zero-order chi connectivity index (χ0) is 15.5. The Bertz CT molecular complexity index is 695. The van der Waals surface area contributed by atoms with Crippen LogP contribution < -0.4 is 0 Å². The highest BCUT2D eigenvalue weighted by atomic mass is 16.3. The number of nitrogens with zero attached hydrogens (tertiary/aromatic N) is 2. The van der Waals surface area contributed by atoms with Gasteiger partial charge in [0, 0.05) is 36.5 Å². The van der Waals surface area contributed by atoms with Crippen LogP contribution in [0.1, 0.15) is 38.5 Å². The number of carbonyl (C=O) groups excluding carboxylic acids is 2. The van der Waals surface area contributed by atoms with E-state index < -0.39 is 0 Å². The Morgan fingerprint density at radius 1 is 1.36 bits per heavy atom. The normalized spacial score (nSPS) is 13.2. The molecule has 6 heteroatoms. The molecule has 1 aromatic heterocycles. The summed E-state index contributed by atoms with van der Waals surface area (Å²) in [6.07, 6.45) is 4.37. The first-order chi connectivity index (χ1) is 10.7.